The van der Waals surface area contributed by atoms with Gasteiger partial charge in [0.15, 0.2) is 0 Å². The first kappa shape index (κ1) is 13.5. The van der Waals surface area contributed by atoms with E-state index >= 15 is 0 Å². The van der Waals surface area contributed by atoms with E-state index < -0.39 is 0 Å². The minimum Gasteiger partial charge on any atom is -0.349 e. The highest BCUT2D eigenvalue weighted by molar-refractivity contribution is 9.10. The molecule has 0 aromatic rings. The predicted molar refractivity (Wildman–Crippen MR) is 66.4 cm³/mol. The number of carbonyl (C=O) groups is 2. The molecule has 1 aliphatic heterocycles. The zero-order valence-corrected chi connectivity index (χ0v) is 11.7. The average Bonchev–Trinajstić information content (AvgIpc) is 2.26. The second kappa shape index (κ2) is 5.66. The normalized spacial score (nSPS) is 22.8. The summed E-state index contributed by atoms with van der Waals surface area (Å²) in [6.07, 6.45) is 1.80. The molecule has 2 atom stereocenters. The average molecular weight is 291 g/mol. The lowest BCUT2D eigenvalue weighted by molar-refractivity contribution is -0.138. The van der Waals surface area contributed by atoms with Crippen LogP contribution in [0.4, 0.5) is 0 Å². The molecule has 1 saturated heterocycles. The van der Waals surface area contributed by atoms with Crippen molar-refractivity contribution in [3.05, 3.63) is 0 Å². The Labute approximate surface area is 105 Å². The maximum Gasteiger partial charge on any atom is 0.236 e. The molecule has 92 valence electrons. The van der Waals surface area contributed by atoms with E-state index in [0.717, 1.165) is 19.4 Å². The third kappa shape index (κ3) is 3.20. The van der Waals surface area contributed by atoms with Gasteiger partial charge in [-0.1, -0.05) is 15.9 Å². The van der Waals surface area contributed by atoms with Crippen molar-refractivity contribution in [2.45, 2.75) is 24.6 Å². The molecule has 2 amide bonds. The van der Waals surface area contributed by atoms with Crippen LogP contribution in [0.1, 0.15) is 19.8 Å². The number of carbonyl (C=O) groups excluding carboxylic acids is 2. The van der Waals surface area contributed by atoms with E-state index in [2.05, 4.69) is 15.9 Å². The van der Waals surface area contributed by atoms with E-state index in [-0.39, 0.29) is 22.6 Å². The third-order valence-electron chi connectivity index (χ3n) is 2.86. The highest BCUT2D eigenvalue weighted by Crippen LogP contribution is 2.19. The van der Waals surface area contributed by atoms with Crippen molar-refractivity contribution >= 4 is 27.7 Å². The van der Waals surface area contributed by atoms with Crippen molar-refractivity contribution < 1.29 is 9.59 Å². The molecule has 0 spiro atoms. The molecular weight excluding hydrogens is 272 g/mol. The molecule has 1 fully saturated rings. The van der Waals surface area contributed by atoms with Crippen LogP contribution in [0.15, 0.2) is 0 Å². The Morgan fingerprint density at radius 3 is 2.56 bits per heavy atom. The summed E-state index contributed by atoms with van der Waals surface area (Å²) in [6, 6.07) is 0. The zero-order chi connectivity index (χ0) is 12.3. The molecular formula is C11H19BrN2O2. The maximum atomic E-state index is 11.8. The summed E-state index contributed by atoms with van der Waals surface area (Å²) in [7, 11) is 3.52. The minimum absolute atomic E-state index is 0.0288. The van der Waals surface area contributed by atoms with Gasteiger partial charge in [0.2, 0.25) is 11.8 Å². The number of alkyl halides is 1. The fraction of sp³-hybridized carbons (Fsp3) is 0.818. The van der Waals surface area contributed by atoms with E-state index in [1.54, 1.807) is 23.9 Å². The number of rotatable bonds is 2. The summed E-state index contributed by atoms with van der Waals surface area (Å²) in [5.41, 5.74) is 0. The first-order valence-electron chi connectivity index (χ1n) is 5.57. The molecule has 1 heterocycles. The van der Waals surface area contributed by atoms with Gasteiger partial charge in [-0.05, 0) is 19.8 Å². The highest BCUT2D eigenvalue weighted by atomic mass is 79.9. The van der Waals surface area contributed by atoms with Crippen LogP contribution in [0, 0.1) is 5.92 Å². The Morgan fingerprint density at radius 1 is 1.44 bits per heavy atom. The molecule has 0 aromatic heterocycles. The van der Waals surface area contributed by atoms with Crippen LogP contribution in [-0.4, -0.2) is 53.6 Å². The summed E-state index contributed by atoms with van der Waals surface area (Å²) < 4.78 is 0. The van der Waals surface area contributed by atoms with Crippen molar-refractivity contribution in [1.29, 1.82) is 0 Å². The molecule has 5 heteroatoms. The van der Waals surface area contributed by atoms with Crippen LogP contribution in [0.5, 0.6) is 0 Å². The SMILES string of the molecule is C[C@H](Br)C(=O)N1CCC[C@H](C(=O)N(C)C)C1. The predicted octanol–water partition coefficient (Wildman–Crippen LogP) is 1.10. The summed E-state index contributed by atoms with van der Waals surface area (Å²) in [5.74, 6) is 0.176. The quantitative estimate of drug-likeness (QED) is 0.715. The van der Waals surface area contributed by atoms with Gasteiger partial charge < -0.3 is 9.80 Å². The smallest absolute Gasteiger partial charge is 0.236 e. The lowest BCUT2D eigenvalue weighted by atomic mass is 9.96. The Bertz CT molecular complexity index is 253. The molecule has 1 rings (SSSR count). The highest BCUT2D eigenvalue weighted by Gasteiger charge is 2.30. The first-order valence-corrected chi connectivity index (χ1v) is 6.49. The fourth-order valence-corrected chi connectivity index (χ4v) is 2.29. The van der Waals surface area contributed by atoms with Crippen molar-refractivity contribution in [3.8, 4) is 0 Å². The fourth-order valence-electron chi connectivity index (χ4n) is 2.00. The lowest BCUT2D eigenvalue weighted by Gasteiger charge is -2.33. The number of hydrogen-bond donors (Lipinski definition) is 0. The van der Waals surface area contributed by atoms with Crippen molar-refractivity contribution in [2.24, 2.45) is 5.92 Å². The van der Waals surface area contributed by atoms with Crippen LogP contribution in [-0.2, 0) is 9.59 Å². The first-order chi connectivity index (χ1) is 7.43. The van der Waals surface area contributed by atoms with Crippen LogP contribution in [0.25, 0.3) is 0 Å². The molecule has 0 N–H and O–H groups in total. The molecule has 0 unspecified atom stereocenters. The number of amides is 2. The molecule has 0 radical (unpaired) electrons. The zero-order valence-electron chi connectivity index (χ0n) is 10.1. The molecule has 0 aliphatic carbocycles. The number of likely N-dealkylation sites (tertiary alicyclic amines) is 1. The van der Waals surface area contributed by atoms with Gasteiger partial charge in [0.1, 0.15) is 0 Å². The van der Waals surface area contributed by atoms with E-state index in [4.69, 9.17) is 0 Å². The standard InChI is InChI=1S/C11H19BrN2O2/c1-8(12)10(15)14-6-4-5-9(7-14)11(16)13(2)3/h8-9H,4-7H2,1-3H3/t8-,9-/m0/s1. The van der Waals surface area contributed by atoms with Crippen molar-refractivity contribution in [3.63, 3.8) is 0 Å². The Kier molecular flexibility index (Phi) is 4.77. The Balaban J connectivity index is 2.60. The van der Waals surface area contributed by atoms with Gasteiger partial charge in [0, 0.05) is 27.2 Å². The van der Waals surface area contributed by atoms with Crippen molar-refractivity contribution in [1.82, 2.24) is 9.80 Å². The third-order valence-corrected chi connectivity index (χ3v) is 3.26. The number of halogens is 1. The van der Waals surface area contributed by atoms with Gasteiger partial charge in [0.05, 0.1) is 10.7 Å². The Morgan fingerprint density at radius 2 is 2.06 bits per heavy atom. The van der Waals surface area contributed by atoms with Gasteiger partial charge in [-0.3, -0.25) is 9.59 Å². The summed E-state index contributed by atoms with van der Waals surface area (Å²) in [6.45, 7) is 3.15. The maximum absolute atomic E-state index is 11.8. The van der Waals surface area contributed by atoms with Crippen LogP contribution >= 0.6 is 15.9 Å². The summed E-state index contributed by atoms with van der Waals surface area (Å²) >= 11 is 3.27. The summed E-state index contributed by atoms with van der Waals surface area (Å²) in [4.78, 5) is 26.8. The van der Waals surface area contributed by atoms with Gasteiger partial charge in [-0.25, -0.2) is 0 Å². The van der Waals surface area contributed by atoms with E-state index in [1.165, 1.54) is 0 Å². The number of hydrogen-bond acceptors (Lipinski definition) is 2. The van der Waals surface area contributed by atoms with E-state index in [1.807, 2.05) is 6.92 Å². The van der Waals surface area contributed by atoms with Gasteiger partial charge >= 0.3 is 0 Å². The molecule has 0 aromatic carbocycles. The molecule has 0 saturated carbocycles. The second-order valence-electron chi connectivity index (χ2n) is 4.47. The number of piperidine rings is 1. The Hall–Kier alpha value is -0.580. The summed E-state index contributed by atoms with van der Waals surface area (Å²) in [5, 5.41) is 0. The van der Waals surface area contributed by atoms with Gasteiger partial charge in [-0.2, -0.15) is 0 Å². The van der Waals surface area contributed by atoms with Crippen LogP contribution in [0.2, 0.25) is 0 Å². The van der Waals surface area contributed by atoms with Crippen LogP contribution in [0.3, 0.4) is 0 Å². The molecule has 1 aliphatic rings. The topological polar surface area (TPSA) is 40.6 Å². The van der Waals surface area contributed by atoms with Crippen molar-refractivity contribution in [2.75, 3.05) is 27.2 Å². The number of nitrogens with zero attached hydrogens (tertiary/aromatic N) is 2. The molecule has 0 bridgehead atoms. The van der Waals surface area contributed by atoms with Gasteiger partial charge in [0.25, 0.3) is 0 Å². The lowest BCUT2D eigenvalue weighted by Crippen LogP contribution is -2.46. The van der Waals surface area contributed by atoms with Crippen LogP contribution < -0.4 is 0 Å². The van der Waals surface area contributed by atoms with Gasteiger partial charge in [-0.15, -0.1) is 0 Å². The molecule has 4 nitrogen and oxygen atoms in total. The largest absolute Gasteiger partial charge is 0.349 e. The minimum atomic E-state index is -0.166. The molecule has 16 heavy (non-hydrogen) atoms. The van der Waals surface area contributed by atoms with E-state index in [0.29, 0.717) is 6.54 Å². The monoisotopic (exact) mass is 290 g/mol. The van der Waals surface area contributed by atoms with E-state index in [9.17, 15) is 9.59 Å². The second-order valence-corrected chi connectivity index (χ2v) is 5.85.